The average molecular weight is 543 g/mol. The van der Waals surface area contributed by atoms with Gasteiger partial charge in [-0.3, -0.25) is 4.99 Å². The predicted octanol–water partition coefficient (Wildman–Crippen LogP) is 4.04. The second kappa shape index (κ2) is 12.1. The van der Waals surface area contributed by atoms with Gasteiger partial charge in [-0.1, -0.05) is 18.2 Å². The normalized spacial score (nSPS) is 18.9. The number of ether oxygens (including phenoxy) is 3. The van der Waals surface area contributed by atoms with Gasteiger partial charge in [-0.05, 0) is 48.7 Å². The van der Waals surface area contributed by atoms with Gasteiger partial charge >= 0.3 is 0 Å². The van der Waals surface area contributed by atoms with Crippen molar-refractivity contribution in [2.75, 3.05) is 40.9 Å². The highest BCUT2D eigenvalue weighted by Gasteiger charge is 2.28. The summed E-state index contributed by atoms with van der Waals surface area (Å²) in [6.07, 6.45) is 0.734. The van der Waals surface area contributed by atoms with Crippen molar-refractivity contribution in [3.8, 4) is 11.5 Å². The van der Waals surface area contributed by atoms with Gasteiger partial charge in [0.2, 0.25) is 0 Å². The Morgan fingerprint density at radius 3 is 2.48 bits per heavy atom. The molecule has 0 saturated carbocycles. The summed E-state index contributed by atoms with van der Waals surface area (Å²) in [5, 5.41) is 3.44. The number of halogens is 2. The topological polar surface area (TPSA) is 55.3 Å². The molecule has 1 aliphatic rings. The molecule has 0 bridgehead atoms. The fourth-order valence-corrected chi connectivity index (χ4v) is 3.67. The van der Waals surface area contributed by atoms with Crippen LogP contribution in [0.4, 0.5) is 4.39 Å². The minimum atomic E-state index is -0.243. The van der Waals surface area contributed by atoms with Gasteiger partial charge in [0.25, 0.3) is 0 Å². The van der Waals surface area contributed by atoms with Crippen molar-refractivity contribution in [3.05, 3.63) is 59.4 Å². The molecule has 31 heavy (non-hydrogen) atoms. The van der Waals surface area contributed by atoms with Crippen LogP contribution in [0.5, 0.6) is 11.5 Å². The van der Waals surface area contributed by atoms with E-state index in [1.54, 1.807) is 33.4 Å². The van der Waals surface area contributed by atoms with E-state index < -0.39 is 0 Å². The lowest BCUT2D eigenvalue weighted by molar-refractivity contribution is -0.0604. The molecule has 2 unspecified atom stereocenters. The van der Waals surface area contributed by atoms with Crippen LogP contribution in [0.3, 0.4) is 0 Å². The molecule has 2 aromatic rings. The van der Waals surface area contributed by atoms with Crippen LogP contribution in [0.2, 0.25) is 0 Å². The molecule has 1 saturated heterocycles. The number of nitrogens with zero attached hydrogens (tertiary/aromatic N) is 2. The van der Waals surface area contributed by atoms with Crippen LogP contribution in [0, 0.1) is 5.82 Å². The molecule has 170 valence electrons. The van der Waals surface area contributed by atoms with E-state index in [-0.39, 0.29) is 42.0 Å². The van der Waals surface area contributed by atoms with Crippen LogP contribution in [0.15, 0.2) is 47.5 Å². The van der Waals surface area contributed by atoms with E-state index in [4.69, 9.17) is 14.2 Å². The van der Waals surface area contributed by atoms with Gasteiger partial charge in [-0.15, -0.1) is 24.0 Å². The number of guanidine groups is 1. The van der Waals surface area contributed by atoms with Crippen LogP contribution in [-0.4, -0.2) is 57.9 Å². The zero-order valence-electron chi connectivity index (χ0n) is 18.4. The van der Waals surface area contributed by atoms with Crippen molar-refractivity contribution < 1.29 is 18.6 Å². The lowest BCUT2D eigenvalue weighted by atomic mass is 10.1. The summed E-state index contributed by atoms with van der Waals surface area (Å²) in [5.74, 6) is 2.03. The molecule has 2 atom stereocenters. The monoisotopic (exact) mass is 543 g/mol. The summed E-state index contributed by atoms with van der Waals surface area (Å²) < 4.78 is 30.0. The van der Waals surface area contributed by atoms with Crippen molar-refractivity contribution in [1.29, 1.82) is 0 Å². The largest absolute Gasteiger partial charge is 0.493 e. The second-order valence-electron chi connectivity index (χ2n) is 7.31. The van der Waals surface area contributed by atoms with Crippen molar-refractivity contribution in [3.63, 3.8) is 0 Å². The number of methoxy groups -OCH3 is 2. The number of hydrogen-bond donors (Lipinski definition) is 1. The molecule has 0 spiro atoms. The number of morpholine rings is 1. The predicted molar refractivity (Wildman–Crippen MR) is 131 cm³/mol. The fourth-order valence-electron chi connectivity index (χ4n) is 3.67. The molecule has 1 aliphatic heterocycles. The standard InChI is InChI=1S/C23H30FN3O3.HI/c1-16-14-27(15-22(30-16)18-6-8-19(24)9-7-18)23(25-2)26-12-11-17-5-10-20(28-3)21(13-17)29-4;/h5-10,13,16,22H,11-12,14-15H2,1-4H3,(H,25,26);1H. The summed E-state index contributed by atoms with van der Waals surface area (Å²) in [6, 6.07) is 12.4. The molecule has 0 amide bonds. The molecular weight excluding hydrogens is 512 g/mol. The maximum absolute atomic E-state index is 13.3. The van der Waals surface area contributed by atoms with Gasteiger partial charge in [0, 0.05) is 20.1 Å². The average Bonchev–Trinajstić information content (AvgIpc) is 2.76. The first kappa shape index (κ1) is 25.2. The molecule has 6 nitrogen and oxygen atoms in total. The Balaban J connectivity index is 0.00000341. The van der Waals surface area contributed by atoms with Crippen molar-refractivity contribution in [1.82, 2.24) is 10.2 Å². The summed E-state index contributed by atoms with van der Waals surface area (Å²) in [6.45, 7) is 4.18. The Morgan fingerprint density at radius 1 is 1.13 bits per heavy atom. The molecule has 1 heterocycles. The molecule has 3 rings (SSSR count). The zero-order valence-corrected chi connectivity index (χ0v) is 20.8. The Hall–Kier alpha value is -2.07. The maximum atomic E-state index is 13.3. The summed E-state index contributed by atoms with van der Waals surface area (Å²) in [7, 11) is 5.05. The zero-order chi connectivity index (χ0) is 21.5. The van der Waals surface area contributed by atoms with Gasteiger partial charge in [-0.25, -0.2) is 4.39 Å². The molecular formula is C23H31FIN3O3. The minimum absolute atomic E-state index is 0. The Labute approximate surface area is 200 Å². The van der Waals surface area contributed by atoms with Crippen molar-refractivity contribution in [2.45, 2.75) is 25.6 Å². The van der Waals surface area contributed by atoms with Crippen LogP contribution in [0.1, 0.15) is 24.2 Å². The highest BCUT2D eigenvalue weighted by atomic mass is 127. The van der Waals surface area contributed by atoms with E-state index in [0.717, 1.165) is 48.1 Å². The van der Waals surface area contributed by atoms with Gasteiger partial charge in [0.05, 0.1) is 26.9 Å². The van der Waals surface area contributed by atoms with Crippen LogP contribution >= 0.6 is 24.0 Å². The first-order valence-electron chi connectivity index (χ1n) is 10.1. The molecule has 2 aromatic carbocycles. The Morgan fingerprint density at radius 2 is 1.84 bits per heavy atom. The lowest BCUT2D eigenvalue weighted by Crippen LogP contribution is -2.51. The number of hydrogen-bond acceptors (Lipinski definition) is 4. The third-order valence-corrected chi connectivity index (χ3v) is 5.16. The highest BCUT2D eigenvalue weighted by molar-refractivity contribution is 14.0. The van der Waals surface area contributed by atoms with E-state index in [2.05, 4.69) is 15.2 Å². The van der Waals surface area contributed by atoms with E-state index in [1.165, 1.54) is 12.1 Å². The first-order chi connectivity index (χ1) is 14.5. The summed E-state index contributed by atoms with van der Waals surface area (Å²) >= 11 is 0. The smallest absolute Gasteiger partial charge is 0.193 e. The number of nitrogens with one attached hydrogen (secondary N) is 1. The van der Waals surface area contributed by atoms with E-state index in [9.17, 15) is 4.39 Å². The van der Waals surface area contributed by atoms with Crippen LogP contribution in [0.25, 0.3) is 0 Å². The fraction of sp³-hybridized carbons (Fsp3) is 0.435. The molecule has 0 aromatic heterocycles. The Bertz CT molecular complexity index is 864. The quantitative estimate of drug-likeness (QED) is 0.339. The molecule has 8 heteroatoms. The van der Waals surface area contributed by atoms with Crippen LogP contribution in [-0.2, 0) is 11.2 Å². The highest BCUT2D eigenvalue weighted by Crippen LogP contribution is 2.28. The summed E-state index contributed by atoms with van der Waals surface area (Å²) in [5.41, 5.74) is 2.11. The lowest BCUT2D eigenvalue weighted by Gasteiger charge is -2.38. The summed E-state index contributed by atoms with van der Waals surface area (Å²) in [4.78, 5) is 6.64. The molecule has 0 radical (unpaired) electrons. The number of benzene rings is 2. The van der Waals surface area contributed by atoms with Gasteiger partial charge in [0.1, 0.15) is 11.9 Å². The molecule has 0 aliphatic carbocycles. The van der Waals surface area contributed by atoms with Gasteiger partial charge in [0.15, 0.2) is 17.5 Å². The minimum Gasteiger partial charge on any atom is -0.493 e. The van der Waals surface area contributed by atoms with E-state index in [0.29, 0.717) is 6.54 Å². The SMILES string of the molecule is CN=C(NCCc1ccc(OC)c(OC)c1)N1CC(C)OC(c2ccc(F)cc2)C1.I. The third kappa shape index (κ3) is 6.70. The molecule has 1 N–H and O–H groups in total. The number of rotatable bonds is 6. The van der Waals surface area contributed by atoms with Gasteiger partial charge in [-0.2, -0.15) is 0 Å². The number of aliphatic imine (C=N–C) groups is 1. The second-order valence-corrected chi connectivity index (χ2v) is 7.31. The van der Waals surface area contributed by atoms with E-state index >= 15 is 0 Å². The molecule has 1 fully saturated rings. The maximum Gasteiger partial charge on any atom is 0.193 e. The van der Waals surface area contributed by atoms with E-state index in [1.807, 2.05) is 25.1 Å². The Kier molecular flexibility index (Phi) is 9.83. The van der Waals surface area contributed by atoms with Crippen LogP contribution < -0.4 is 14.8 Å². The van der Waals surface area contributed by atoms with Crippen molar-refractivity contribution in [2.24, 2.45) is 4.99 Å². The first-order valence-corrected chi connectivity index (χ1v) is 10.1. The third-order valence-electron chi connectivity index (χ3n) is 5.16. The van der Waals surface area contributed by atoms with Crippen molar-refractivity contribution >= 4 is 29.9 Å². The van der Waals surface area contributed by atoms with Gasteiger partial charge < -0.3 is 24.4 Å².